The summed E-state index contributed by atoms with van der Waals surface area (Å²) < 4.78 is 35.5. The van der Waals surface area contributed by atoms with Crippen molar-refractivity contribution in [3.05, 3.63) is 83.4 Å². The lowest BCUT2D eigenvalue weighted by Gasteiger charge is -2.21. The van der Waals surface area contributed by atoms with Crippen LogP contribution in [0.15, 0.2) is 76.0 Å². The summed E-state index contributed by atoms with van der Waals surface area (Å²) in [6, 6.07) is 20.4. The van der Waals surface area contributed by atoms with Crippen LogP contribution in [0.4, 0.5) is 11.4 Å². The third kappa shape index (κ3) is 3.76. The minimum Gasteiger partial charge on any atom is -0.497 e. The molecule has 0 amide bonds. The van der Waals surface area contributed by atoms with E-state index in [1.165, 1.54) is 0 Å². The van der Waals surface area contributed by atoms with Gasteiger partial charge >= 0.3 is 0 Å². The molecule has 4 rings (SSSR count). The van der Waals surface area contributed by atoms with E-state index in [1.54, 1.807) is 31.4 Å². The molecule has 6 heteroatoms. The molecule has 0 saturated carbocycles. The molecule has 1 aliphatic heterocycles. The second-order valence-corrected chi connectivity index (χ2v) is 8.75. The van der Waals surface area contributed by atoms with E-state index in [9.17, 15) is 8.42 Å². The zero-order valence-corrected chi connectivity index (χ0v) is 17.4. The number of nitrogens with zero attached hydrogens (tertiary/aromatic N) is 2. The summed E-state index contributed by atoms with van der Waals surface area (Å²) in [5.41, 5.74) is 4.85. The van der Waals surface area contributed by atoms with Gasteiger partial charge in [0.25, 0.3) is 10.0 Å². The number of fused-ring (bicyclic) bond motifs is 1. The molecule has 0 radical (unpaired) electrons. The first kappa shape index (κ1) is 19.2. The highest BCUT2D eigenvalue weighted by Gasteiger charge is 2.29. The highest BCUT2D eigenvalue weighted by molar-refractivity contribution is 7.90. The Kier molecular flexibility index (Phi) is 4.88. The lowest BCUT2D eigenvalue weighted by molar-refractivity contribution is 0.414. The number of rotatable bonds is 4. The fourth-order valence-corrected chi connectivity index (χ4v) is 4.48. The third-order valence-corrected chi connectivity index (χ3v) is 6.26. The fraction of sp³-hybridized carbons (Fsp3) is 0.174. The van der Waals surface area contributed by atoms with Crippen LogP contribution in [0.1, 0.15) is 16.7 Å². The number of hydrogen-bond acceptors (Lipinski definition) is 3. The van der Waals surface area contributed by atoms with Crippen molar-refractivity contribution in [2.45, 2.75) is 25.2 Å². The van der Waals surface area contributed by atoms with E-state index in [4.69, 9.17) is 4.74 Å². The second-order valence-electron chi connectivity index (χ2n) is 7.14. The quantitative estimate of drug-likeness (QED) is 0.625. The van der Waals surface area contributed by atoms with Crippen molar-refractivity contribution in [3.63, 3.8) is 0 Å². The number of aryl methyl sites for hydroxylation is 2. The van der Waals surface area contributed by atoms with Gasteiger partial charge in [-0.25, -0.2) is 0 Å². The molecule has 0 aromatic heterocycles. The molecule has 29 heavy (non-hydrogen) atoms. The van der Waals surface area contributed by atoms with Crippen LogP contribution in [0, 0.1) is 13.8 Å². The molecule has 0 atom stereocenters. The molecule has 5 nitrogen and oxygen atoms in total. The normalized spacial score (nSPS) is 14.9. The summed E-state index contributed by atoms with van der Waals surface area (Å²) in [6.07, 6.45) is 0.408. The molecule has 148 valence electrons. The lowest BCUT2D eigenvalue weighted by Crippen LogP contribution is -2.23. The fourth-order valence-electron chi connectivity index (χ4n) is 3.47. The Bertz CT molecular complexity index is 1200. The third-order valence-electron chi connectivity index (χ3n) is 4.94. The maximum absolute atomic E-state index is 13.0. The van der Waals surface area contributed by atoms with Gasteiger partial charge in [-0.2, -0.15) is 8.42 Å². The van der Waals surface area contributed by atoms with E-state index >= 15 is 0 Å². The van der Waals surface area contributed by atoms with Crippen molar-refractivity contribution >= 4 is 27.2 Å². The number of benzene rings is 3. The summed E-state index contributed by atoms with van der Waals surface area (Å²) in [7, 11) is -2.21. The molecule has 0 aliphatic carbocycles. The summed E-state index contributed by atoms with van der Waals surface area (Å²) in [5, 5.41) is 0. The molecular formula is C23H22N2O3S. The van der Waals surface area contributed by atoms with Crippen LogP contribution in [-0.2, 0) is 16.4 Å². The van der Waals surface area contributed by atoms with E-state index < -0.39 is 10.0 Å². The van der Waals surface area contributed by atoms with Crippen molar-refractivity contribution in [2.75, 3.05) is 12.0 Å². The molecule has 1 heterocycles. The van der Waals surface area contributed by atoms with Crippen LogP contribution < -0.4 is 9.64 Å². The Hall–Kier alpha value is -3.12. The standard InChI is InChI=1S/C23H22N2O3S/c1-16-7-10-21(11-8-16)29(26,27)24-23-15-18-14-20(28-3)9-12-22(18)25(23)19-6-4-5-17(2)13-19/h4-14H,15H2,1-3H3/b24-23+. The molecule has 0 unspecified atom stereocenters. The predicted molar refractivity (Wildman–Crippen MR) is 116 cm³/mol. The van der Waals surface area contributed by atoms with Crippen LogP contribution >= 0.6 is 0 Å². The topological polar surface area (TPSA) is 59.0 Å². The Morgan fingerprint density at radius 2 is 1.69 bits per heavy atom. The molecule has 0 bridgehead atoms. The minimum absolute atomic E-state index is 0.188. The van der Waals surface area contributed by atoms with Gasteiger partial charge in [-0.1, -0.05) is 29.8 Å². The van der Waals surface area contributed by atoms with Crippen molar-refractivity contribution in [3.8, 4) is 5.75 Å². The summed E-state index contributed by atoms with van der Waals surface area (Å²) in [5.74, 6) is 1.20. The van der Waals surface area contributed by atoms with Gasteiger partial charge in [-0.05, 0) is 67.4 Å². The number of ether oxygens (including phenoxy) is 1. The van der Waals surface area contributed by atoms with Crippen LogP contribution in [0.2, 0.25) is 0 Å². The highest BCUT2D eigenvalue weighted by Crippen LogP contribution is 2.38. The average molecular weight is 407 g/mol. The Labute approximate surface area is 171 Å². The summed E-state index contributed by atoms with van der Waals surface area (Å²) in [4.78, 5) is 2.10. The molecule has 3 aromatic rings. The first-order valence-corrected chi connectivity index (χ1v) is 10.8. The number of amidine groups is 1. The second kappa shape index (κ2) is 7.37. The van der Waals surface area contributed by atoms with Gasteiger partial charge in [0.2, 0.25) is 0 Å². The first-order chi connectivity index (χ1) is 13.9. The van der Waals surface area contributed by atoms with Gasteiger partial charge in [-0.15, -0.1) is 4.40 Å². The molecule has 0 N–H and O–H groups in total. The van der Waals surface area contributed by atoms with Crippen LogP contribution in [-0.4, -0.2) is 21.4 Å². The van der Waals surface area contributed by atoms with Crippen molar-refractivity contribution in [2.24, 2.45) is 4.40 Å². The largest absolute Gasteiger partial charge is 0.497 e. The van der Waals surface area contributed by atoms with E-state index in [0.29, 0.717) is 12.3 Å². The molecule has 0 spiro atoms. The highest BCUT2D eigenvalue weighted by atomic mass is 32.2. The molecule has 0 saturated heterocycles. The zero-order chi connectivity index (χ0) is 20.6. The Balaban J connectivity index is 1.84. The Morgan fingerprint density at radius 3 is 2.38 bits per heavy atom. The number of anilines is 2. The van der Waals surface area contributed by atoms with Crippen LogP contribution in [0.25, 0.3) is 0 Å². The molecule has 3 aromatic carbocycles. The van der Waals surface area contributed by atoms with Crippen molar-refractivity contribution < 1.29 is 13.2 Å². The molecular weight excluding hydrogens is 384 g/mol. The SMILES string of the molecule is COc1ccc2c(c1)C/C(=N\S(=O)(=O)c1ccc(C)cc1)N2c1cccc(C)c1. The monoisotopic (exact) mass is 406 g/mol. The first-order valence-electron chi connectivity index (χ1n) is 9.31. The predicted octanol–water partition coefficient (Wildman–Crippen LogP) is 4.79. The van der Waals surface area contributed by atoms with Gasteiger partial charge in [0.15, 0.2) is 0 Å². The maximum atomic E-state index is 13.0. The lowest BCUT2D eigenvalue weighted by atomic mass is 10.1. The maximum Gasteiger partial charge on any atom is 0.283 e. The molecule has 0 fully saturated rings. The van der Waals surface area contributed by atoms with Crippen molar-refractivity contribution in [1.82, 2.24) is 0 Å². The van der Waals surface area contributed by atoms with Crippen molar-refractivity contribution in [1.29, 1.82) is 0 Å². The van der Waals surface area contributed by atoms with E-state index in [0.717, 1.165) is 33.8 Å². The summed E-state index contributed by atoms with van der Waals surface area (Å²) in [6.45, 7) is 3.93. The van der Waals surface area contributed by atoms with E-state index in [-0.39, 0.29) is 4.90 Å². The zero-order valence-electron chi connectivity index (χ0n) is 16.6. The number of sulfonamides is 1. The van der Waals surface area contributed by atoms with Gasteiger partial charge < -0.3 is 4.74 Å². The van der Waals surface area contributed by atoms with Gasteiger partial charge in [0.05, 0.1) is 17.7 Å². The van der Waals surface area contributed by atoms with Gasteiger partial charge in [0, 0.05) is 12.1 Å². The van der Waals surface area contributed by atoms with E-state index in [2.05, 4.69) is 4.40 Å². The van der Waals surface area contributed by atoms with E-state index in [1.807, 2.05) is 61.2 Å². The average Bonchev–Trinajstić information content (AvgIpc) is 3.04. The summed E-state index contributed by atoms with van der Waals surface area (Å²) >= 11 is 0. The van der Waals surface area contributed by atoms with Crippen LogP contribution in [0.3, 0.4) is 0 Å². The van der Waals surface area contributed by atoms with Crippen LogP contribution in [0.5, 0.6) is 5.75 Å². The number of methoxy groups -OCH3 is 1. The minimum atomic E-state index is -3.83. The van der Waals surface area contributed by atoms with Gasteiger partial charge in [0.1, 0.15) is 11.6 Å². The molecule has 1 aliphatic rings. The van der Waals surface area contributed by atoms with Gasteiger partial charge in [-0.3, -0.25) is 4.90 Å². The number of hydrogen-bond donors (Lipinski definition) is 0. The Morgan fingerprint density at radius 1 is 0.931 bits per heavy atom. The smallest absolute Gasteiger partial charge is 0.283 e.